The van der Waals surface area contributed by atoms with Crippen LogP contribution in [0.1, 0.15) is 52.5 Å². The van der Waals surface area contributed by atoms with Gasteiger partial charge in [0.15, 0.2) is 11.5 Å². The van der Waals surface area contributed by atoms with E-state index in [4.69, 9.17) is 0 Å². The first kappa shape index (κ1) is 16.7. The fraction of sp³-hybridized carbons (Fsp3) is 0.500. The van der Waals surface area contributed by atoms with Crippen LogP contribution in [0.5, 0.6) is 0 Å². The van der Waals surface area contributed by atoms with E-state index in [2.05, 4.69) is 15.4 Å². The van der Waals surface area contributed by atoms with Crippen LogP contribution in [-0.4, -0.2) is 37.9 Å². The summed E-state index contributed by atoms with van der Waals surface area (Å²) in [7, 11) is 0. The van der Waals surface area contributed by atoms with E-state index in [0.717, 1.165) is 36.0 Å². The minimum absolute atomic E-state index is 0.0657. The molecule has 5 rings (SSSR count). The maximum absolute atomic E-state index is 13.1. The number of hydrogen-bond donors (Lipinski definition) is 2. The molecule has 1 amide bonds. The van der Waals surface area contributed by atoms with Crippen LogP contribution in [0.3, 0.4) is 0 Å². The average Bonchev–Trinajstić information content (AvgIpc) is 3.51. The lowest BCUT2D eigenvalue weighted by Gasteiger charge is -2.13. The van der Waals surface area contributed by atoms with E-state index in [-0.39, 0.29) is 29.9 Å². The zero-order chi connectivity index (χ0) is 19.0. The molecule has 0 radical (unpaired) electrons. The van der Waals surface area contributed by atoms with Crippen molar-refractivity contribution in [2.45, 2.75) is 43.3 Å². The number of carbonyl (C=O) groups excluding carboxylic acids is 1. The maximum Gasteiger partial charge on any atom is 0.416 e. The Kier molecular flexibility index (Phi) is 3.29. The summed E-state index contributed by atoms with van der Waals surface area (Å²) in [5.74, 6) is 0.327. The molecule has 27 heavy (non-hydrogen) atoms. The zero-order valence-corrected chi connectivity index (χ0v) is 14.3. The predicted molar refractivity (Wildman–Crippen MR) is 87.4 cm³/mol. The van der Waals surface area contributed by atoms with E-state index in [1.54, 1.807) is 0 Å². The normalized spacial score (nSPS) is 24.3. The quantitative estimate of drug-likeness (QED) is 0.855. The van der Waals surface area contributed by atoms with Crippen molar-refractivity contribution in [1.29, 1.82) is 0 Å². The summed E-state index contributed by atoms with van der Waals surface area (Å²) in [4.78, 5) is 16.8. The second-order valence-corrected chi connectivity index (χ2v) is 7.72. The fourth-order valence-electron chi connectivity index (χ4n) is 3.96. The summed E-state index contributed by atoms with van der Waals surface area (Å²) >= 11 is 0. The van der Waals surface area contributed by atoms with Crippen LogP contribution in [0.25, 0.3) is 5.82 Å². The number of nitrogens with zero attached hydrogens (tertiary/aromatic N) is 3. The van der Waals surface area contributed by atoms with Crippen LogP contribution in [0.2, 0.25) is 0 Å². The topological polar surface area (TPSA) is 80.0 Å². The molecule has 0 aromatic carbocycles. The summed E-state index contributed by atoms with van der Waals surface area (Å²) in [6.45, 7) is -0.137. The van der Waals surface area contributed by atoms with Gasteiger partial charge in [0, 0.05) is 17.7 Å². The zero-order valence-electron chi connectivity index (χ0n) is 14.3. The SMILES string of the molecule is O=C(NC1(CO)CC1)c1nn(-c2cc(C(F)(F)F)ccn2)c2c1C[C@H]1C[C@@H]21. The van der Waals surface area contributed by atoms with E-state index < -0.39 is 17.3 Å². The minimum atomic E-state index is -4.48. The van der Waals surface area contributed by atoms with Crippen LogP contribution in [-0.2, 0) is 12.6 Å². The lowest BCUT2D eigenvalue weighted by atomic mass is 10.1. The predicted octanol–water partition coefficient (Wildman–Crippen LogP) is 2.20. The first-order valence-electron chi connectivity index (χ1n) is 8.90. The summed E-state index contributed by atoms with van der Waals surface area (Å²) in [6, 6.07) is 1.87. The molecule has 2 saturated carbocycles. The van der Waals surface area contributed by atoms with Crippen molar-refractivity contribution < 1.29 is 23.1 Å². The van der Waals surface area contributed by atoms with Gasteiger partial charge in [-0.25, -0.2) is 9.67 Å². The van der Waals surface area contributed by atoms with Gasteiger partial charge in [0.05, 0.1) is 23.4 Å². The van der Waals surface area contributed by atoms with Crippen LogP contribution < -0.4 is 5.32 Å². The molecule has 3 aliphatic carbocycles. The van der Waals surface area contributed by atoms with Crippen molar-refractivity contribution in [3.05, 3.63) is 40.8 Å². The largest absolute Gasteiger partial charge is 0.416 e. The summed E-state index contributed by atoms with van der Waals surface area (Å²) in [6.07, 6.45) is -0.295. The fourth-order valence-corrected chi connectivity index (χ4v) is 3.96. The summed E-state index contributed by atoms with van der Waals surface area (Å²) in [5.41, 5.74) is 0.443. The van der Waals surface area contributed by atoms with Gasteiger partial charge >= 0.3 is 6.18 Å². The third kappa shape index (κ3) is 2.63. The Hall–Kier alpha value is -2.42. The lowest BCUT2D eigenvalue weighted by Crippen LogP contribution is -2.40. The smallest absolute Gasteiger partial charge is 0.394 e. The number of halogens is 3. The Morgan fingerprint density at radius 1 is 1.41 bits per heavy atom. The number of carbonyl (C=O) groups is 1. The van der Waals surface area contributed by atoms with Crippen molar-refractivity contribution in [2.24, 2.45) is 5.92 Å². The highest BCUT2D eigenvalue weighted by atomic mass is 19.4. The van der Waals surface area contributed by atoms with Gasteiger partial charge in [0.25, 0.3) is 5.91 Å². The van der Waals surface area contributed by atoms with Crippen LogP contribution in [0.4, 0.5) is 13.2 Å². The molecule has 2 atom stereocenters. The molecule has 2 aromatic heterocycles. The monoisotopic (exact) mass is 378 g/mol. The Labute approximate surface area is 152 Å². The molecule has 9 heteroatoms. The van der Waals surface area contributed by atoms with Crippen molar-refractivity contribution in [3.8, 4) is 5.82 Å². The molecule has 0 saturated heterocycles. The van der Waals surface area contributed by atoms with Crippen LogP contribution in [0, 0.1) is 5.92 Å². The second-order valence-electron chi connectivity index (χ2n) is 7.72. The van der Waals surface area contributed by atoms with E-state index in [9.17, 15) is 23.1 Å². The Balaban J connectivity index is 1.56. The number of aromatic nitrogens is 3. The van der Waals surface area contributed by atoms with Crippen molar-refractivity contribution in [2.75, 3.05) is 6.61 Å². The van der Waals surface area contributed by atoms with Gasteiger partial charge in [-0.15, -0.1) is 0 Å². The van der Waals surface area contributed by atoms with E-state index in [0.29, 0.717) is 25.2 Å². The standard InChI is InChI=1S/C18H17F3N4O2/c19-18(20,21)10-1-4-22-13(7-10)25-15-11-5-9(11)6-12(15)14(24-25)16(27)23-17(8-26)2-3-17/h1,4,7,9,11,26H,2-3,5-6,8H2,(H,23,27)/t9-,11-/m1/s1. The van der Waals surface area contributed by atoms with Crippen molar-refractivity contribution in [1.82, 2.24) is 20.1 Å². The molecule has 142 valence electrons. The van der Waals surface area contributed by atoms with Crippen molar-refractivity contribution in [3.63, 3.8) is 0 Å². The lowest BCUT2D eigenvalue weighted by molar-refractivity contribution is -0.137. The number of pyridine rings is 1. The van der Waals surface area contributed by atoms with Crippen LogP contribution in [0.15, 0.2) is 18.3 Å². The van der Waals surface area contributed by atoms with Gasteiger partial charge in [-0.05, 0) is 43.7 Å². The molecule has 0 bridgehead atoms. The van der Waals surface area contributed by atoms with Gasteiger partial charge in [-0.1, -0.05) is 0 Å². The highest BCUT2D eigenvalue weighted by molar-refractivity contribution is 5.95. The number of nitrogens with one attached hydrogen (secondary N) is 1. The molecular weight excluding hydrogens is 361 g/mol. The van der Waals surface area contributed by atoms with E-state index in [1.807, 2.05) is 0 Å². The third-order valence-corrected chi connectivity index (χ3v) is 5.80. The number of aliphatic hydroxyl groups excluding tert-OH is 1. The number of hydrogen-bond acceptors (Lipinski definition) is 4. The van der Waals surface area contributed by atoms with Gasteiger partial charge in [0.1, 0.15) is 0 Å². The summed E-state index contributed by atoms with van der Waals surface area (Å²) < 4.78 is 40.6. The van der Waals surface area contributed by atoms with E-state index >= 15 is 0 Å². The number of amides is 1. The van der Waals surface area contributed by atoms with Crippen molar-refractivity contribution >= 4 is 5.91 Å². The highest BCUT2D eigenvalue weighted by Gasteiger charge is 2.51. The minimum Gasteiger partial charge on any atom is -0.394 e. The van der Waals surface area contributed by atoms with Gasteiger partial charge in [-0.2, -0.15) is 18.3 Å². The molecule has 3 aliphatic rings. The molecule has 2 fully saturated rings. The number of fused-ring (bicyclic) bond motifs is 3. The first-order valence-corrected chi connectivity index (χ1v) is 8.90. The molecule has 6 nitrogen and oxygen atoms in total. The third-order valence-electron chi connectivity index (χ3n) is 5.80. The Bertz CT molecular complexity index is 949. The molecule has 2 N–H and O–H groups in total. The molecule has 0 spiro atoms. The van der Waals surface area contributed by atoms with E-state index in [1.165, 1.54) is 4.68 Å². The molecule has 2 aromatic rings. The molecule has 2 heterocycles. The summed E-state index contributed by atoms with van der Waals surface area (Å²) in [5, 5.41) is 16.6. The second kappa shape index (κ2) is 5.31. The van der Waals surface area contributed by atoms with Crippen LogP contribution >= 0.6 is 0 Å². The number of aliphatic hydroxyl groups is 1. The van der Waals surface area contributed by atoms with Gasteiger partial charge in [-0.3, -0.25) is 4.79 Å². The first-order chi connectivity index (χ1) is 12.8. The molecule has 0 aliphatic heterocycles. The van der Waals surface area contributed by atoms with Gasteiger partial charge in [0.2, 0.25) is 0 Å². The Morgan fingerprint density at radius 2 is 2.19 bits per heavy atom. The number of rotatable bonds is 4. The molecular formula is C18H17F3N4O2. The maximum atomic E-state index is 13.1. The molecule has 0 unspecified atom stereocenters. The average molecular weight is 378 g/mol. The van der Waals surface area contributed by atoms with Gasteiger partial charge < -0.3 is 10.4 Å². The highest BCUT2D eigenvalue weighted by Crippen LogP contribution is 2.57. The number of alkyl halides is 3. The Morgan fingerprint density at radius 3 is 2.85 bits per heavy atom.